The molecule has 0 bridgehead atoms. The van der Waals surface area contributed by atoms with Gasteiger partial charge in [0.2, 0.25) is 0 Å². The Morgan fingerprint density at radius 2 is 1.87 bits per heavy atom. The zero-order valence-electron chi connectivity index (χ0n) is 13.9. The minimum atomic E-state index is 0.0381. The third kappa shape index (κ3) is 4.63. The Morgan fingerprint density at radius 3 is 2.52 bits per heavy atom. The van der Waals surface area contributed by atoms with Gasteiger partial charge in [0.05, 0.1) is 6.04 Å². The van der Waals surface area contributed by atoms with Crippen molar-refractivity contribution in [2.45, 2.75) is 33.7 Å². The summed E-state index contributed by atoms with van der Waals surface area (Å²) in [6.45, 7) is 7.83. The second kappa shape index (κ2) is 7.38. The molecule has 0 fully saturated rings. The molecule has 0 saturated carbocycles. The van der Waals surface area contributed by atoms with Crippen molar-refractivity contribution < 1.29 is 4.79 Å². The maximum atomic E-state index is 11.4. The number of aryl methyl sites for hydroxylation is 2. The van der Waals surface area contributed by atoms with Crippen molar-refractivity contribution in [3.63, 3.8) is 0 Å². The topological polar surface area (TPSA) is 41.1 Å². The molecule has 23 heavy (non-hydrogen) atoms. The fraction of sp³-hybridized carbons (Fsp3) is 0.263. The van der Waals surface area contributed by atoms with Gasteiger partial charge in [0.25, 0.3) is 0 Å². The number of nitrogens with one attached hydrogen (secondary N) is 2. The zero-order chi connectivity index (χ0) is 17.0. The average molecular weight is 326 g/mol. The van der Waals surface area contributed by atoms with Gasteiger partial charge in [-0.05, 0) is 63.2 Å². The van der Waals surface area contributed by atoms with Crippen molar-refractivity contribution in [1.29, 1.82) is 0 Å². The predicted octanol–water partition coefficient (Wildman–Crippen LogP) is 4.55. The first-order chi connectivity index (χ1) is 10.9. The molecule has 2 N–H and O–H groups in total. The van der Waals surface area contributed by atoms with Gasteiger partial charge < -0.3 is 10.6 Å². The molecule has 120 valence electrons. The van der Waals surface area contributed by atoms with E-state index in [4.69, 9.17) is 12.2 Å². The molecule has 0 aromatic heterocycles. The standard InChI is InChI=1S/C19H22N2OS/c1-12-8-9-18(13(2)10-12)14(3)20-19(23)21-17-7-5-6-16(11-17)15(4)22/h5-11,14H,1-4H3,(H2,20,21,23). The van der Waals surface area contributed by atoms with Crippen LogP contribution in [0, 0.1) is 13.8 Å². The van der Waals surface area contributed by atoms with E-state index in [-0.39, 0.29) is 11.8 Å². The fourth-order valence-corrected chi connectivity index (χ4v) is 2.86. The number of anilines is 1. The first kappa shape index (κ1) is 17.2. The lowest BCUT2D eigenvalue weighted by Gasteiger charge is -2.19. The number of ketones is 1. The number of carbonyl (C=O) groups is 1. The summed E-state index contributed by atoms with van der Waals surface area (Å²) in [5.41, 5.74) is 5.19. The monoisotopic (exact) mass is 326 g/mol. The van der Waals surface area contributed by atoms with E-state index in [1.165, 1.54) is 16.7 Å². The molecule has 0 aliphatic rings. The molecule has 2 aromatic rings. The van der Waals surface area contributed by atoms with Crippen LogP contribution in [0.1, 0.15) is 46.9 Å². The van der Waals surface area contributed by atoms with Gasteiger partial charge in [-0.2, -0.15) is 0 Å². The number of hydrogen-bond donors (Lipinski definition) is 2. The van der Waals surface area contributed by atoms with Crippen LogP contribution in [0.4, 0.5) is 5.69 Å². The van der Waals surface area contributed by atoms with Crippen LogP contribution >= 0.6 is 12.2 Å². The average Bonchev–Trinajstić information content (AvgIpc) is 2.47. The van der Waals surface area contributed by atoms with Gasteiger partial charge in [-0.15, -0.1) is 0 Å². The van der Waals surface area contributed by atoms with E-state index in [2.05, 4.69) is 49.6 Å². The summed E-state index contributed by atoms with van der Waals surface area (Å²) in [6.07, 6.45) is 0. The fourth-order valence-electron chi connectivity index (χ4n) is 2.57. The van der Waals surface area contributed by atoms with Crippen molar-refractivity contribution in [2.24, 2.45) is 0 Å². The molecule has 2 aromatic carbocycles. The molecule has 4 heteroatoms. The van der Waals surface area contributed by atoms with Gasteiger partial charge in [0, 0.05) is 11.3 Å². The molecule has 0 aliphatic heterocycles. The van der Waals surface area contributed by atoms with Gasteiger partial charge in [0.1, 0.15) is 0 Å². The molecule has 0 heterocycles. The van der Waals surface area contributed by atoms with Crippen LogP contribution in [0.5, 0.6) is 0 Å². The molecule has 0 aliphatic carbocycles. The van der Waals surface area contributed by atoms with Crippen LogP contribution in [0.3, 0.4) is 0 Å². The SMILES string of the molecule is CC(=O)c1cccc(NC(=S)NC(C)c2ccc(C)cc2C)c1. The molecule has 1 atom stereocenters. The Bertz CT molecular complexity index is 740. The van der Waals surface area contributed by atoms with Crippen LogP contribution in [-0.4, -0.2) is 10.9 Å². The molecule has 0 amide bonds. The highest BCUT2D eigenvalue weighted by Crippen LogP contribution is 2.19. The van der Waals surface area contributed by atoms with E-state index in [1.807, 2.05) is 12.1 Å². The molecule has 0 saturated heterocycles. The predicted molar refractivity (Wildman–Crippen MR) is 100 cm³/mol. The van der Waals surface area contributed by atoms with Gasteiger partial charge >= 0.3 is 0 Å². The number of Topliss-reactive ketones (excluding diaryl/α,β-unsaturated/α-hetero) is 1. The van der Waals surface area contributed by atoms with Crippen LogP contribution in [0.15, 0.2) is 42.5 Å². The van der Waals surface area contributed by atoms with Crippen molar-refractivity contribution in [1.82, 2.24) is 5.32 Å². The molecular formula is C19H22N2OS. The molecule has 1 unspecified atom stereocenters. The Hall–Kier alpha value is -2.20. The number of carbonyl (C=O) groups excluding carboxylic acids is 1. The maximum Gasteiger partial charge on any atom is 0.171 e. The van der Waals surface area contributed by atoms with Crippen LogP contribution in [-0.2, 0) is 0 Å². The highest BCUT2D eigenvalue weighted by atomic mass is 32.1. The maximum absolute atomic E-state index is 11.4. The lowest BCUT2D eigenvalue weighted by atomic mass is 10.0. The third-order valence-electron chi connectivity index (χ3n) is 3.77. The van der Waals surface area contributed by atoms with Gasteiger partial charge in [-0.3, -0.25) is 4.79 Å². The van der Waals surface area contributed by atoms with E-state index in [0.29, 0.717) is 10.7 Å². The van der Waals surface area contributed by atoms with Crippen molar-refractivity contribution in [3.05, 3.63) is 64.7 Å². The molecular weight excluding hydrogens is 304 g/mol. The van der Waals surface area contributed by atoms with E-state index in [9.17, 15) is 4.79 Å². The first-order valence-corrected chi connectivity index (χ1v) is 8.03. The molecule has 0 radical (unpaired) electrons. The minimum absolute atomic E-state index is 0.0381. The van der Waals surface area contributed by atoms with E-state index >= 15 is 0 Å². The Morgan fingerprint density at radius 1 is 1.13 bits per heavy atom. The molecule has 2 rings (SSSR count). The Labute approximate surface area is 143 Å². The lowest BCUT2D eigenvalue weighted by Crippen LogP contribution is -2.31. The van der Waals surface area contributed by atoms with Crippen molar-refractivity contribution in [3.8, 4) is 0 Å². The van der Waals surface area contributed by atoms with Crippen molar-refractivity contribution >= 4 is 28.8 Å². The second-order valence-corrected chi connectivity index (χ2v) is 6.23. The first-order valence-electron chi connectivity index (χ1n) is 7.62. The van der Waals surface area contributed by atoms with E-state index in [0.717, 1.165) is 5.69 Å². The van der Waals surface area contributed by atoms with E-state index in [1.54, 1.807) is 19.1 Å². The quantitative estimate of drug-likeness (QED) is 0.639. The number of hydrogen-bond acceptors (Lipinski definition) is 2. The lowest BCUT2D eigenvalue weighted by molar-refractivity contribution is 0.101. The van der Waals surface area contributed by atoms with E-state index < -0.39 is 0 Å². The van der Waals surface area contributed by atoms with Gasteiger partial charge in [-0.25, -0.2) is 0 Å². The zero-order valence-corrected chi connectivity index (χ0v) is 14.8. The van der Waals surface area contributed by atoms with Crippen LogP contribution in [0.25, 0.3) is 0 Å². The highest BCUT2D eigenvalue weighted by Gasteiger charge is 2.10. The third-order valence-corrected chi connectivity index (χ3v) is 3.99. The summed E-state index contributed by atoms with van der Waals surface area (Å²) in [6, 6.07) is 13.8. The summed E-state index contributed by atoms with van der Waals surface area (Å²) in [4.78, 5) is 11.4. The summed E-state index contributed by atoms with van der Waals surface area (Å²) >= 11 is 5.38. The summed E-state index contributed by atoms with van der Waals surface area (Å²) in [7, 11) is 0. The second-order valence-electron chi connectivity index (χ2n) is 5.82. The number of rotatable bonds is 4. The van der Waals surface area contributed by atoms with Gasteiger partial charge in [0.15, 0.2) is 10.9 Å². The largest absolute Gasteiger partial charge is 0.356 e. The molecule has 0 spiro atoms. The Kier molecular flexibility index (Phi) is 5.50. The van der Waals surface area contributed by atoms with Crippen LogP contribution in [0.2, 0.25) is 0 Å². The Balaban J connectivity index is 2.04. The summed E-state index contributed by atoms with van der Waals surface area (Å²) < 4.78 is 0. The van der Waals surface area contributed by atoms with Gasteiger partial charge in [-0.1, -0.05) is 35.9 Å². The molecule has 3 nitrogen and oxygen atoms in total. The number of thiocarbonyl (C=S) groups is 1. The van der Waals surface area contributed by atoms with Crippen LogP contribution < -0.4 is 10.6 Å². The smallest absolute Gasteiger partial charge is 0.171 e. The normalized spacial score (nSPS) is 11.7. The van der Waals surface area contributed by atoms with Crippen molar-refractivity contribution in [2.75, 3.05) is 5.32 Å². The highest BCUT2D eigenvalue weighted by molar-refractivity contribution is 7.80. The summed E-state index contributed by atoms with van der Waals surface area (Å²) in [5.74, 6) is 0.0381. The summed E-state index contributed by atoms with van der Waals surface area (Å²) in [5, 5.41) is 6.97. The minimum Gasteiger partial charge on any atom is -0.356 e. The number of benzene rings is 2.